The molecule has 0 radical (unpaired) electrons. The Balaban J connectivity index is 1.21. The Morgan fingerprint density at radius 3 is 2.38 bits per heavy atom. The molecular formula is C30H47N5O5. The molecule has 4 N–H and O–H groups in total. The van der Waals surface area contributed by atoms with Crippen molar-refractivity contribution >= 4 is 29.9 Å². The largest absolute Gasteiger partial charge is 0.356 e. The molecule has 10 heteroatoms. The van der Waals surface area contributed by atoms with Crippen LogP contribution in [0.25, 0.3) is 0 Å². The summed E-state index contributed by atoms with van der Waals surface area (Å²) in [6.07, 6.45) is 16.2. The van der Waals surface area contributed by atoms with Gasteiger partial charge in [0.1, 0.15) is 12.3 Å². The fourth-order valence-electron chi connectivity index (χ4n) is 5.63. The Hall–Kier alpha value is -2.85. The fourth-order valence-corrected chi connectivity index (χ4v) is 5.63. The summed E-state index contributed by atoms with van der Waals surface area (Å²) in [6.45, 7) is 3.63. The summed E-state index contributed by atoms with van der Waals surface area (Å²) < 4.78 is 0. The molecule has 0 bridgehead atoms. The number of unbranched alkanes of at least 4 members (excludes halogenated alkanes) is 7. The van der Waals surface area contributed by atoms with Gasteiger partial charge >= 0.3 is 0 Å². The first-order valence-electron chi connectivity index (χ1n) is 15.1. The Morgan fingerprint density at radius 1 is 1.02 bits per heavy atom. The van der Waals surface area contributed by atoms with Gasteiger partial charge in [-0.2, -0.15) is 0 Å². The number of carbonyl (C=O) groups is 5. The van der Waals surface area contributed by atoms with E-state index < -0.39 is 11.9 Å². The average molecular weight is 558 g/mol. The molecule has 0 aromatic carbocycles. The van der Waals surface area contributed by atoms with Crippen molar-refractivity contribution in [3.63, 3.8) is 0 Å². The van der Waals surface area contributed by atoms with Crippen LogP contribution in [0.4, 0.5) is 0 Å². The molecule has 0 aromatic heterocycles. The third-order valence-corrected chi connectivity index (χ3v) is 8.12. The fraction of sp³-hybridized carbons (Fsp3) is 0.700. The van der Waals surface area contributed by atoms with Gasteiger partial charge in [0.2, 0.25) is 17.7 Å². The number of hydrogen-bond acceptors (Lipinski definition) is 7. The lowest BCUT2D eigenvalue weighted by atomic mass is 9.93. The van der Waals surface area contributed by atoms with E-state index in [1.165, 1.54) is 37.6 Å². The van der Waals surface area contributed by atoms with Crippen LogP contribution in [0.2, 0.25) is 0 Å². The lowest BCUT2D eigenvalue weighted by Crippen LogP contribution is -2.53. The molecule has 1 aliphatic carbocycles. The first-order valence-corrected chi connectivity index (χ1v) is 15.1. The molecule has 3 atom stereocenters. The van der Waals surface area contributed by atoms with Gasteiger partial charge in [0.25, 0.3) is 5.91 Å². The molecule has 0 saturated carbocycles. The standard InChI is InChI=1S/C30H47N5O5/c1-35(26-12-13-27(37)34-29(26)39)30(40)25-11-10-24(19-23(25)21-36)32-15-8-6-4-2-3-5-7-9-16-33-28(38)18-22-14-17-31-20-22/h10-11,21-22,24,26,31-32H,2-9,12-20H2,1H3,(H,33,38)(H,34,37,39). The molecule has 2 saturated heterocycles. The highest BCUT2D eigenvalue weighted by Gasteiger charge is 2.34. The molecule has 0 aromatic rings. The molecule has 3 rings (SSSR count). The Labute approximate surface area is 238 Å². The molecule has 2 heterocycles. The molecule has 40 heavy (non-hydrogen) atoms. The number of rotatable bonds is 17. The lowest BCUT2D eigenvalue weighted by molar-refractivity contribution is -0.142. The number of carbonyl (C=O) groups excluding carboxylic acids is 5. The second kappa shape index (κ2) is 17.1. The van der Waals surface area contributed by atoms with Crippen molar-refractivity contribution in [2.24, 2.45) is 5.92 Å². The number of nitrogens with one attached hydrogen (secondary N) is 4. The van der Waals surface area contributed by atoms with E-state index in [1.54, 1.807) is 6.08 Å². The third-order valence-electron chi connectivity index (χ3n) is 8.12. The smallest absolute Gasteiger partial charge is 0.254 e. The van der Waals surface area contributed by atoms with Crippen molar-refractivity contribution in [2.75, 3.05) is 33.2 Å². The van der Waals surface area contributed by atoms with Crippen LogP contribution in [0.15, 0.2) is 23.3 Å². The van der Waals surface area contributed by atoms with Crippen LogP contribution >= 0.6 is 0 Å². The average Bonchev–Trinajstić information content (AvgIpc) is 3.45. The van der Waals surface area contributed by atoms with Gasteiger partial charge in [0.05, 0.1) is 0 Å². The van der Waals surface area contributed by atoms with Crippen molar-refractivity contribution in [1.29, 1.82) is 0 Å². The van der Waals surface area contributed by atoms with Crippen LogP contribution in [0.1, 0.15) is 83.5 Å². The van der Waals surface area contributed by atoms with Crippen molar-refractivity contribution in [2.45, 2.75) is 95.6 Å². The van der Waals surface area contributed by atoms with Gasteiger partial charge in [-0.05, 0) is 57.7 Å². The predicted octanol–water partition coefficient (Wildman–Crippen LogP) is 1.90. The zero-order valence-electron chi connectivity index (χ0n) is 24.0. The zero-order valence-corrected chi connectivity index (χ0v) is 24.0. The summed E-state index contributed by atoms with van der Waals surface area (Å²) in [6, 6.07) is -0.723. The van der Waals surface area contributed by atoms with Crippen LogP contribution in [-0.2, 0) is 24.0 Å². The maximum atomic E-state index is 13.0. The van der Waals surface area contributed by atoms with Gasteiger partial charge in [-0.25, -0.2) is 0 Å². The maximum absolute atomic E-state index is 13.0. The number of piperidine rings is 1. The number of likely N-dealkylation sites (N-methyl/N-ethyl adjacent to an activating group) is 1. The molecule has 0 spiro atoms. The molecule has 3 unspecified atom stereocenters. The minimum absolute atomic E-state index is 0.00650. The number of hydrogen-bond donors (Lipinski definition) is 4. The molecule has 222 valence electrons. The van der Waals surface area contributed by atoms with Crippen LogP contribution in [-0.4, -0.2) is 80.1 Å². The summed E-state index contributed by atoms with van der Waals surface area (Å²) in [5.74, 6) is -0.497. The van der Waals surface area contributed by atoms with Gasteiger partial charge in [-0.15, -0.1) is 0 Å². The molecule has 2 aliphatic heterocycles. The summed E-state index contributed by atoms with van der Waals surface area (Å²) in [5.41, 5.74) is 0.735. The van der Waals surface area contributed by atoms with E-state index in [-0.39, 0.29) is 36.6 Å². The molecular weight excluding hydrogens is 510 g/mol. The van der Waals surface area contributed by atoms with E-state index in [0.717, 1.165) is 64.6 Å². The van der Waals surface area contributed by atoms with E-state index in [4.69, 9.17) is 0 Å². The highest BCUT2D eigenvalue weighted by atomic mass is 16.2. The zero-order chi connectivity index (χ0) is 28.7. The van der Waals surface area contributed by atoms with Crippen molar-refractivity contribution in [3.8, 4) is 0 Å². The first-order chi connectivity index (χ1) is 19.4. The Morgan fingerprint density at radius 2 is 1.73 bits per heavy atom. The van der Waals surface area contributed by atoms with E-state index in [0.29, 0.717) is 29.9 Å². The highest BCUT2D eigenvalue weighted by Crippen LogP contribution is 2.22. The second-order valence-corrected chi connectivity index (χ2v) is 11.3. The van der Waals surface area contributed by atoms with Crippen molar-refractivity contribution in [3.05, 3.63) is 23.3 Å². The van der Waals surface area contributed by atoms with Gasteiger partial charge < -0.3 is 20.9 Å². The van der Waals surface area contributed by atoms with E-state index in [1.807, 2.05) is 6.08 Å². The van der Waals surface area contributed by atoms with Crippen LogP contribution in [0, 0.1) is 5.92 Å². The van der Waals surface area contributed by atoms with Crippen LogP contribution < -0.4 is 21.3 Å². The van der Waals surface area contributed by atoms with Gasteiger partial charge in [0.15, 0.2) is 0 Å². The Bertz CT molecular complexity index is 956. The van der Waals surface area contributed by atoms with Crippen molar-refractivity contribution < 1.29 is 24.0 Å². The quantitative estimate of drug-likeness (QED) is 0.122. The lowest BCUT2D eigenvalue weighted by Gasteiger charge is -2.31. The number of amides is 4. The van der Waals surface area contributed by atoms with E-state index in [9.17, 15) is 24.0 Å². The minimum Gasteiger partial charge on any atom is -0.356 e. The maximum Gasteiger partial charge on any atom is 0.254 e. The molecule has 10 nitrogen and oxygen atoms in total. The summed E-state index contributed by atoms with van der Waals surface area (Å²) in [7, 11) is 1.53. The topological polar surface area (TPSA) is 137 Å². The van der Waals surface area contributed by atoms with Gasteiger partial charge in [-0.1, -0.05) is 50.7 Å². The van der Waals surface area contributed by atoms with E-state index in [2.05, 4.69) is 21.3 Å². The number of aldehydes is 1. The molecule has 4 amide bonds. The van der Waals surface area contributed by atoms with Crippen molar-refractivity contribution in [1.82, 2.24) is 26.2 Å². The third kappa shape index (κ3) is 10.3. The Kier molecular flexibility index (Phi) is 13.5. The summed E-state index contributed by atoms with van der Waals surface area (Å²) in [5, 5.41) is 12.1. The van der Waals surface area contributed by atoms with Crippen LogP contribution in [0.3, 0.4) is 0 Å². The normalized spacial score (nSPS) is 22.8. The van der Waals surface area contributed by atoms with Crippen LogP contribution in [0.5, 0.6) is 0 Å². The predicted molar refractivity (Wildman–Crippen MR) is 153 cm³/mol. The molecule has 3 aliphatic rings. The second-order valence-electron chi connectivity index (χ2n) is 11.3. The van der Waals surface area contributed by atoms with Gasteiger partial charge in [-0.3, -0.25) is 29.3 Å². The SMILES string of the molecule is CN(C(=O)C1=C(C=O)CC(NCCCCCCCCCCNC(=O)CC2CCNC2)C=C1)C1CCC(=O)NC1=O. The van der Waals surface area contributed by atoms with E-state index >= 15 is 0 Å². The minimum atomic E-state index is -0.716. The first kappa shape index (κ1) is 31.7. The number of imide groups is 1. The highest BCUT2D eigenvalue weighted by molar-refractivity contribution is 6.06. The monoisotopic (exact) mass is 557 g/mol. The van der Waals surface area contributed by atoms with Gasteiger partial charge in [0, 0.05) is 43.6 Å². The number of nitrogens with zero attached hydrogens (tertiary/aromatic N) is 1. The summed E-state index contributed by atoms with van der Waals surface area (Å²) >= 11 is 0. The summed E-state index contributed by atoms with van der Waals surface area (Å²) in [4.78, 5) is 61.5. The molecule has 2 fully saturated rings.